The average molecular weight is 1020 g/mol. The fourth-order valence-corrected chi connectivity index (χ4v) is 13.6. The predicted molar refractivity (Wildman–Crippen MR) is 280 cm³/mol. The summed E-state index contributed by atoms with van der Waals surface area (Å²) in [5.41, 5.74) is 15.5. The summed E-state index contributed by atoms with van der Waals surface area (Å²) in [5, 5.41) is 10.9. The summed E-state index contributed by atoms with van der Waals surface area (Å²) in [6.45, 7) is 0.187. The lowest BCUT2D eigenvalue weighted by molar-refractivity contribution is -0.155. The van der Waals surface area contributed by atoms with Crippen LogP contribution in [0.1, 0.15) is 121 Å². The molecule has 0 aliphatic carbocycles. The molecule has 16 nitrogen and oxygen atoms in total. The Bertz CT molecular complexity index is 2580. The molecule has 3 aromatic carbocycles. The number of nitrogens with two attached hydrogens (primary N) is 2. The number of methoxy groups -OCH3 is 1. The largest absolute Gasteiger partial charge is 0.465 e. The third-order valence-electron chi connectivity index (χ3n) is 16.9. The number of hydrogen-bond acceptors (Lipinski definition) is 16. The second-order valence-corrected chi connectivity index (χ2v) is 22.2. The van der Waals surface area contributed by atoms with Crippen LogP contribution in [0.25, 0.3) is 21.1 Å². The van der Waals surface area contributed by atoms with Gasteiger partial charge in [0.2, 0.25) is 0 Å². The number of ether oxygens (including phenoxy) is 4. The number of benzene rings is 3. The Hall–Kier alpha value is -5.27. The summed E-state index contributed by atoms with van der Waals surface area (Å²) in [6.07, 6.45) is 14.3. The zero-order valence-electron chi connectivity index (χ0n) is 42.6. The van der Waals surface area contributed by atoms with Gasteiger partial charge >= 0.3 is 23.9 Å². The van der Waals surface area contributed by atoms with Crippen molar-refractivity contribution in [1.82, 2.24) is 24.7 Å². The maximum absolute atomic E-state index is 12.7. The maximum Gasteiger partial charge on any atom is 0.337 e. The molecule has 392 valence electrons. The number of aliphatic hydroxyl groups is 1. The van der Waals surface area contributed by atoms with E-state index >= 15 is 0 Å². The molecule has 8 heterocycles. The van der Waals surface area contributed by atoms with Gasteiger partial charge in [-0.1, -0.05) is 36.4 Å². The molecule has 6 aliphatic rings. The van der Waals surface area contributed by atoms with Gasteiger partial charge in [-0.25, -0.2) is 9.78 Å². The quantitative estimate of drug-likeness (QED) is 0.0722. The number of aliphatic hydroxyl groups excluding tert-OH is 1. The number of carbonyl (C=O) groups excluding carboxylic acids is 4. The van der Waals surface area contributed by atoms with E-state index in [1.165, 1.54) is 45.6 Å². The lowest BCUT2D eigenvalue weighted by atomic mass is 9.96. The highest BCUT2D eigenvalue weighted by Gasteiger charge is 2.43. The zero-order chi connectivity index (χ0) is 51.3. The summed E-state index contributed by atoms with van der Waals surface area (Å²) in [4.78, 5) is 65.2. The maximum atomic E-state index is 12.7. The number of H-pyrrole nitrogens is 1. The highest BCUT2D eigenvalue weighted by atomic mass is 32.1. The van der Waals surface area contributed by atoms with Gasteiger partial charge in [0.15, 0.2) is 0 Å². The Balaban J connectivity index is 0.000000135. The van der Waals surface area contributed by atoms with Crippen molar-refractivity contribution >= 4 is 56.3 Å². The third-order valence-corrected chi connectivity index (χ3v) is 18.1. The van der Waals surface area contributed by atoms with E-state index in [-0.39, 0.29) is 55.9 Å². The SMILES string of the molecule is CN1C2CCC1CC(OC(=O)C(CN)c1ccc3nc[nH]c3c1)C2.CN1C2CCC1CC(OC(=O)C(CO)c1cc3ccccc3s1)C2.COC(=O)c1cccc(C(CN)C(=O)OC2CC3CCC(C2)N3C)c1. The molecule has 9 atom stereocenters. The number of esters is 4. The van der Waals surface area contributed by atoms with E-state index in [0.29, 0.717) is 47.4 Å². The molecule has 73 heavy (non-hydrogen) atoms. The minimum atomic E-state index is -0.570. The molecule has 17 heteroatoms. The predicted octanol–water partition coefficient (Wildman–Crippen LogP) is 6.60. The Morgan fingerprint density at radius 3 is 1.59 bits per heavy atom. The molecule has 0 spiro atoms. The Morgan fingerprint density at radius 1 is 0.644 bits per heavy atom. The summed E-state index contributed by atoms with van der Waals surface area (Å²) >= 11 is 1.57. The first-order valence-electron chi connectivity index (χ1n) is 26.2. The molecule has 0 saturated carbocycles. The van der Waals surface area contributed by atoms with Gasteiger partial charge in [0.05, 0.1) is 48.5 Å². The van der Waals surface area contributed by atoms with Gasteiger partial charge in [-0.2, -0.15) is 0 Å². The van der Waals surface area contributed by atoms with Crippen LogP contribution in [0.15, 0.2) is 79.1 Å². The van der Waals surface area contributed by atoms with Crippen LogP contribution in [0.5, 0.6) is 0 Å². The van der Waals surface area contributed by atoms with Crippen LogP contribution in [-0.4, -0.2) is 156 Å². The first-order chi connectivity index (χ1) is 35.3. The molecule has 5 aromatic rings. The lowest BCUT2D eigenvalue weighted by Crippen LogP contribution is -2.44. The van der Waals surface area contributed by atoms with E-state index in [0.717, 1.165) is 70.1 Å². The molecule has 2 aromatic heterocycles. The minimum absolute atomic E-state index is 0.00497. The summed E-state index contributed by atoms with van der Waals surface area (Å²) in [5.74, 6) is -2.78. The normalized spacial score (nSPS) is 27.7. The van der Waals surface area contributed by atoms with Gasteiger partial charge in [-0.05, 0) is 151 Å². The first kappa shape index (κ1) is 52.6. The highest BCUT2D eigenvalue weighted by molar-refractivity contribution is 7.19. The average Bonchev–Trinajstić information content (AvgIpc) is 4.16. The third kappa shape index (κ3) is 11.8. The molecule has 0 amide bonds. The van der Waals surface area contributed by atoms with E-state index in [4.69, 9.17) is 30.4 Å². The fourth-order valence-electron chi connectivity index (χ4n) is 12.5. The number of nitrogens with zero attached hydrogens (tertiary/aromatic N) is 4. The zero-order valence-corrected chi connectivity index (χ0v) is 43.4. The van der Waals surface area contributed by atoms with E-state index in [2.05, 4.69) is 45.8 Å². The van der Waals surface area contributed by atoms with E-state index in [9.17, 15) is 24.3 Å². The van der Waals surface area contributed by atoms with Crippen LogP contribution in [0.4, 0.5) is 0 Å². The monoisotopic (exact) mass is 1020 g/mol. The summed E-state index contributed by atoms with van der Waals surface area (Å²) in [7, 11) is 7.84. The number of carbonyl (C=O) groups is 4. The minimum Gasteiger partial charge on any atom is -0.465 e. The number of rotatable bonds is 13. The molecule has 6 aliphatic heterocycles. The van der Waals surface area contributed by atoms with Gasteiger partial charge in [0.25, 0.3) is 0 Å². The molecule has 6 N–H and O–H groups in total. The number of hydrogen-bond donors (Lipinski definition) is 4. The van der Waals surface area contributed by atoms with Crippen LogP contribution in [0.3, 0.4) is 0 Å². The number of nitrogens with one attached hydrogen (secondary N) is 1. The van der Waals surface area contributed by atoms with Crippen molar-refractivity contribution < 1.29 is 43.2 Å². The topological polar surface area (TPSA) is 216 Å². The Morgan fingerprint density at radius 2 is 1.12 bits per heavy atom. The molecular weight excluding hydrogens is 947 g/mol. The summed E-state index contributed by atoms with van der Waals surface area (Å²) in [6, 6.07) is 25.9. The number of aromatic amines is 1. The molecule has 6 fully saturated rings. The standard InChI is InChI=1S/C19H26N2O4.C19H23NO3S.C18H24N4O2/c1-21-14-6-7-15(21)10-16(9-14)25-19(23)17(11-20)12-4-3-5-13(8-12)18(22)24-2;1-20-13-6-7-14(20)10-15(9-13)23-19(22)16(11-21)18-8-12-4-2-3-5-17(12)24-18;1-22-12-3-4-13(22)8-14(7-12)24-18(23)15(9-19)11-2-5-16-17(6-11)21-10-20-16/h3-5,8,14-17H,6-7,9-11,20H2,1-2H3;2-5,8,13-16,21H,6-7,9-11H2,1H3;2,5-6,10,12-15H,3-4,7-9,19H2,1H3,(H,20,21). The van der Waals surface area contributed by atoms with Crippen LogP contribution in [0, 0.1) is 0 Å². The molecular formula is C56H73N7O9S. The highest BCUT2D eigenvalue weighted by Crippen LogP contribution is 2.39. The lowest BCUT2D eigenvalue weighted by Gasteiger charge is -2.36. The van der Waals surface area contributed by atoms with Crippen molar-refractivity contribution in [2.75, 3.05) is 47.9 Å². The van der Waals surface area contributed by atoms with Crippen molar-refractivity contribution in [3.63, 3.8) is 0 Å². The first-order valence-corrected chi connectivity index (χ1v) is 27.0. The molecule has 11 rings (SSSR count). The van der Waals surface area contributed by atoms with Crippen LogP contribution >= 0.6 is 11.3 Å². The van der Waals surface area contributed by atoms with Crippen LogP contribution in [-0.2, 0) is 33.3 Å². The van der Waals surface area contributed by atoms with Crippen molar-refractivity contribution in [2.45, 2.75) is 149 Å². The van der Waals surface area contributed by atoms with Crippen LogP contribution in [0.2, 0.25) is 0 Å². The van der Waals surface area contributed by atoms with Gasteiger partial charge in [0, 0.05) is 58.9 Å². The summed E-state index contributed by atoms with van der Waals surface area (Å²) < 4.78 is 23.3. The second kappa shape index (κ2) is 23.5. The molecule has 6 bridgehead atoms. The smallest absolute Gasteiger partial charge is 0.337 e. The number of aromatic nitrogens is 2. The molecule has 9 unspecified atom stereocenters. The van der Waals surface area contributed by atoms with Gasteiger partial charge in [0.1, 0.15) is 24.2 Å². The van der Waals surface area contributed by atoms with Gasteiger partial charge in [-0.3, -0.25) is 14.4 Å². The van der Waals surface area contributed by atoms with Crippen molar-refractivity contribution in [1.29, 1.82) is 0 Å². The van der Waals surface area contributed by atoms with E-state index in [1.807, 2.05) is 48.5 Å². The fraction of sp³-hybridized carbons (Fsp3) is 0.554. The van der Waals surface area contributed by atoms with Crippen LogP contribution < -0.4 is 11.5 Å². The Kier molecular flexibility index (Phi) is 16.9. The Labute approximate surface area is 432 Å². The van der Waals surface area contributed by atoms with Crippen molar-refractivity contribution in [2.24, 2.45) is 11.5 Å². The number of imidazole rings is 1. The van der Waals surface area contributed by atoms with Crippen molar-refractivity contribution in [3.8, 4) is 0 Å². The second-order valence-electron chi connectivity index (χ2n) is 21.0. The molecule has 0 radical (unpaired) electrons. The van der Waals surface area contributed by atoms with Crippen molar-refractivity contribution in [3.05, 3.63) is 101 Å². The number of fused-ring (bicyclic) bond motifs is 8. The van der Waals surface area contributed by atoms with Gasteiger partial charge in [-0.15, -0.1) is 11.3 Å². The number of thiophene rings is 1. The molecule has 6 saturated heterocycles. The van der Waals surface area contributed by atoms with Gasteiger partial charge < -0.3 is 55.2 Å². The van der Waals surface area contributed by atoms with E-state index < -0.39 is 23.7 Å². The number of piperidine rings is 3. The van der Waals surface area contributed by atoms with E-state index in [1.54, 1.807) is 41.9 Å².